The number of nitrogens with zero attached hydrogens (tertiary/aromatic N) is 3. The van der Waals surface area contributed by atoms with Crippen LogP contribution in [0.4, 0.5) is 0 Å². The highest BCUT2D eigenvalue weighted by Crippen LogP contribution is 2.21. The molecule has 0 aliphatic carbocycles. The molecule has 1 aromatic carbocycles. The lowest BCUT2D eigenvalue weighted by Crippen LogP contribution is -2.48. The highest BCUT2D eigenvalue weighted by molar-refractivity contribution is 7.99. The predicted octanol–water partition coefficient (Wildman–Crippen LogP) is 2.46. The van der Waals surface area contributed by atoms with Crippen molar-refractivity contribution >= 4 is 17.7 Å². The summed E-state index contributed by atoms with van der Waals surface area (Å²) in [6.45, 7) is 7.85. The maximum atomic E-state index is 12.6. The van der Waals surface area contributed by atoms with Gasteiger partial charge in [0.25, 0.3) is 0 Å². The Labute approximate surface area is 164 Å². The fourth-order valence-corrected chi connectivity index (χ4v) is 4.15. The van der Waals surface area contributed by atoms with Crippen LogP contribution in [0.3, 0.4) is 0 Å². The number of carbonyl (C=O) groups is 1. The van der Waals surface area contributed by atoms with E-state index in [2.05, 4.69) is 36.2 Å². The number of hydrogen-bond acceptors (Lipinski definition) is 5. The minimum atomic E-state index is -0.110. The fraction of sp³-hybridized carbons (Fsp3) is 0.500. The van der Waals surface area contributed by atoms with E-state index in [9.17, 15) is 9.90 Å². The number of aliphatic hydroxyl groups excluding tert-OH is 1. The maximum Gasteiger partial charge on any atom is 0.233 e. The maximum absolute atomic E-state index is 12.6. The van der Waals surface area contributed by atoms with E-state index in [4.69, 9.17) is 4.74 Å². The van der Waals surface area contributed by atoms with E-state index in [1.165, 1.54) is 17.3 Å². The summed E-state index contributed by atoms with van der Waals surface area (Å²) in [7, 11) is 0. The molecule has 1 aliphatic rings. The van der Waals surface area contributed by atoms with Crippen molar-refractivity contribution in [2.24, 2.45) is 0 Å². The number of aryl methyl sites for hydroxylation is 1. The summed E-state index contributed by atoms with van der Waals surface area (Å²) in [5, 5.41) is 10.2. The number of rotatable bonds is 6. The number of thioether (sulfide) groups is 1. The van der Waals surface area contributed by atoms with Gasteiger partial charge in [0.2, 0.25) is 5.91 Å². The molecule has 1 aromatic heterocycles. The zero-order chi connectivity index (χ0) is 19.4. The van der Waals surface area contributed by atoms with Crippen molar-refractivity contribution in [2.75, 3.05) is 18.8 Å². The van der Waals surface area contributed by atoms with Gasteiger partial charge in [-0.3, -0.25) is 4.79 Å². The Kier molecular flexibility index (Phi) is 6.57. The monoisotopic (exact) mass is 389 g/mol. The van der Waals surface area contributed by atoms with E-state index in [0.29, 0.717) is 31.1 Å². The zero-order valence-corrected chi connectivity index (χ0v) is 16.9. The number of morpholine rings is 1. The molecule has 2 heterocycles. The van der Waals surface area contributed by atoms with Gasteiger partial charge in [-0.2, -0.15) is 0 Å². The van der Waals surface area contributed by atoms with Gasteiger partial charge in [-0.05, 0) is 26.3 Å². The number of hydrogen-bond donors (Lipinski definition) is 1. The minimum Gasteiger partial charge on any atom is -0.390 e. The third kappa shape index (κ3) is 5.34. The summed E-state index contributed by atoms with van der Waals surface area (Å²) >= 11 is 1.42. The quantitative estimate of drug-likeness (QED) is 0.769. The molecule has 0 spiro atoms. The molecular formula is C20H27N3O3S. The van der Waals surface area contributed by atoms with Crippen LogP contribution in [-0.4, -0.2) is 56.5 Å². The molecule has 146 valence electrons. The molecule has 2 aromatic rings. The van der Waals surface area contributed by atoms with Gasteiger partial charge in [-0.25, -0.2) is 4.98 Å². The number of aliphatic hydroxyl groups is 1. The first-order valence-corrected chi connectivity index (χ1v) is 10.2. The van der Waals surface area contributed by atoms with Crippen LogP contribution in [0.1, 0.15) is 30.7 Å². The summed E-state index contributed by atoms with van der Waals surface area (Å²) < 4.78 is 7.69. The molecule has 0 radical (unpaired) electrons. The van der Waals surface area contributed by atoms with Gasteiger partial charge in [0.1, 0.15) is 0 Å². The highest BCUT2D eigenvalue weighted by Gasteiger charge is 2.26. The van der Waals surface area contributed by atoms with E-state index in [-0.39, 0.29) is 24.7 Å². The van der Waals surface area contributed by atoms with Crippen molar-refractivity contribution in [3.63, 3.8) is 0 Å². The molecule has 1 amide bonds. The standard InChI is InChI=1S/C20H27N3O3S/c1-14-4-6-17(7-5-14)10-23-11-18(12-24)21-20(23)27-13-19(25)22-8-15(2)26-16(3)9-22/h4-7,11,15-16,24H,8-10,12-13H2,1-3H3/t15-,16-/m1/s1. The van der Waals surface area contributed by atoms with Crippen molar-refractivity contribution in [2.45, 2.75) is 51.3 Å². The summed E-state index contributed by atoms with van der Waals surface area (Å²) in [5.74, 6) is 0.423. The second-order valence-electron chi connectivity index (χ2n) is 7.13. The summed E-state index contributed by atoms with van der Waals surface area (Å²) in [6, 6.07) is 8.33. The van der Waals surface area contributed by atoms with Crippen molar-refractivity contribution in [1.82, 2.24) is 14.5 Å². The van der Waals surface area contributed by atoms with Crippen LogP contribution in [0.2, 0.25) is 0 Å². The van der Waals surface area contributed by atoms with Gasteiger partial charge in [-0.15, -0.1) is 0 Å². The van der Waals surface area contributed by atoms with Crippen LogP contribution in [0.5, 0.6) is 0 Å². The third-order valence-electron chi connectivity index (χ3n) is 4.52. The van der Waals surface area contributed by atoms with Crippen molar-refractivity contribution < 1.29 is 14.6 Å². The second kappa shape index (κ2) is 8.91. The van der Waals surface area contributed by atoms with Crippen molar-refractivity contribution in [3.05, 3.63) is 47.3 Å². The predicted molar refractivity (Wildman–Crippen MR) is 106 cm³/mol. The molecule has 1 fully saturated rings. The number of ether oxygens (including phenoxy) is 1. The molecule has 27 heavy (non-hydrogen) atoms. The Bertz CT molecular complexity index is 765. The topological polar surface area (TPSA) is 67.6 Å². The van der Waals surface area contributed by atoms with Gasteiger partial charge in [0, 0.05) is 25.8 Å². The second-order valence-corrected chi connectivity index (χ2v) is 8.07. The Morgan fingerprint density at radius 1 is 1.26 bits per heavy atom. The Balaban J connectivity index is 1.66. The van der Waals surface area contributed by atoms with Crippen molar-refractivity contribution in [3.8, 4) is 0 Å². The van der Waals surface area contributed by atoms with Crippen molar-refractivity contribution in [1.29, 1.82) is 0 Å². The molecule has 2 atom stereocenters. The molecule has 1 aliphatic heterocycles. The fourth-order valence-electron chi connectivity index (χ4n) is 3.24. The average Bonchev–Trinajstić information content (AvgIpc) is 3.02. The molecular weight excluding hydrogens is 362 g/mol. The molecule has 0 unspecified atom stereocenters. The molecule has 0 saturated carbocycles. The first kappa shape index (κ1) is 19.9. The molecule has 1 saturated heterocycles. The van der Waals surface area contributed by atoms with E-state index < -0.39 is 0 Å². The Morgan fingerprint density at radius 2 is 1.93 bits per heavy atom. The van der Waals surface area contributed by atoms with Crippen LogP contribution in [-0.2, 0) is 22.7 Å². The zero-order valence-electron chi connectivity index (χ0n) is 16.1. The van der Waals surface area contributed by atoms with Gasteiger partial charge in [-0.1, -0.05) is 41.6 Å². The lowest BCUT2D eigenvalue weighted by Gasteiger charge is -2.35. The molecule has 1 N–H and O–H groups in total. The first-order chi connectivity index (χ1) is 12.9. The number of imidazole rings is 1. The average molecular weight is 390 g/mol. The number of amides is 1. The Hall–Kier alpha value is -1.83. The minimum absolute atomic E-state index is 0.0622. The molecule has 6 nitrogen and oxygen atoms in total. The van der Waals surface area contributed by atoms with Gasteiger partial charge in [0.15, 0.2) is 5.16 Å². The summed E-state index contributed by atoms with van der Waals surface area (Å²) in [4.78, 5) is 18.9. The van der Waals surface area contributed by atoms with Gasteiger partial charge < -0.3 is 19.3 Å². The highest BCUT2D eigenvalue weighted by atomic mass is 32.2. The van der Waals surface area contributed by atoms with Crippen LogP contribution in [0.25, 0.3) is 0 Å². The first-order valence-electron chi connectivity index (χ1n) is 9.23. The van der Waals surface area contributed by atoms with E-state index in [1.54, 1.807) is 0 Å². The third-order valence-corrected chi connectivity index (χ3v) is 5.50. The summed E-state index contributed by atoms with van der Waals surface area (Å²) in [6.07, 6.45) is 1.98. The largest absolute Gasteiger partial charge is 0.390 e. The molecule has 0 bridgehead atoms. The Morgan fingerprint density at radius 3 is 2.56 bits per heavy atom. The lowest BCUT2D eigenvalue weighted by molar-refractivity contribution is -0.140. The van der Waals surface area contributed by atoms with Gasteiger partial charge >= 0.3 is 0 Å². The van der Waals surface area contributed by atoms with Crippen LogP contribution < -0.4 is 0 Å². The van der Waals surface area contributed by atoms with Gasteiger partial charge in [0.05, 0.1) is 30.3 Å². The van der Waals surface area contributed by atoms with Crippen LogP contribution in [0.15, 0.2) is 35.6 Å². The SMILES string of the molecule is Cc1ccc(Cn2cc(CO)nc2SCC(=O)N2C[C@@H](C)O[C@H](C)C2)cc1. The molecule has 3 rings (SSSR count). The lowest BCUT2D eigenvalue weighted by atomic mass is 10.1. The smallest absolute Gasteiger partial charge is 0.233 e. The van der Waals surface area contributed by atoms with E-state index in [1.807, 2.05) is 29.5 Å². The summed E-state index contributed by atoms with van der Waals surface area (Å²) in [5.41, 5.74) is 2.99. The number of benzene rings is 1. The van der Waals surface area contributed by atoms with E-state index >= 15 is 0 Å². The number of aromatic nitrogens is 2. The van der Waals surface area contributed by atoms with E-state index in [0.717, 1.165) is 10.7 Å². The number of carbonyl (C=O) groups excluding carboxylic acids is 1. The molecule has 7 heteroatoms. The van der Waals surface area contributed by atoms with Crippen LogP contribution >= 0.6 is 11.8 Å². The normalized spacial score (nSPS) is 20.1. The van der Waals surface area contributed by atoms with Crippen LogP contribution in [0, 0.1) is 6.92 Å².